The molecule has 1 amide bonds. The Balaban J connectivity index is 2.16. The predicted molar refractivity (Wildman–Crippen MR) is 59.6 cm³/mol. The highest BCUT2D eigenvalue weighted by atomic mass is 16.3. The third-order valence-corrected chi connectivity index (χ3v) is 2.97. The van der Waals surface area contributed by atoms with Gasteiger partial charge in [0.15, 0.2) is 0 Å². The summed E-state index contributed by atoms with van der Waals surface area (Å²) < 4.78 is 0. The monoisotopic (exact) mass is 214 g/mol. The van der Waals surface area contributed by atoms with Crippen LogP contribution in [0.1, 0.15) is 32.1 Å². The smallest absolute Gasteiger partial charge is 0.223 e. The van der Waals surface area contributed by atoms with E-state index in [2.05, 4.69) is 5.32 Å². The molecule has 0 saturated heterocycles. The summed E-state index contributed by atoms with van der Waals surface area (Å²) in [6.07, 6.45) is 4.49. The van der Waals surface area contributed by atoms with Crippen LogP contribution in [0.25, 0.3) is 0 Å². The minimum Gasteiger partial charge on any atom is -0.392 e. The summed E-state index contributed by atoms with van der Waals surface area (Å²) in [5, 5.41) is 12.9. The molecule has 2 atom stereocenters. The Morgan fingerprint density at radius 3 is 2.67 bits per heavy atom. The van der Waals surface area contributed by atoms with Crippen molar-refractivity contribution < 1.29 is 9.90 Å². The molecule has 0 spiro atoms. The van der Waals surface area contributed by atoms with Crippen LogP contribution in [0.5, 0.6) is 0 Å². The quantitative estimate of drug-likeness (QED) is 0.710. The first-order valence-electron chi connectivity index (χ1n) is 5.73. The highest BCUT2D eigenvalue weighted by molar-refractivity contribution is 5.75. The van der Waals surface area contributed by atoms with E-state index < -0.39 is 0 Å². The van der Waals surface area contributed by atoms with Crippen LogP contribution in [0.3, 0.4) is 0 Å². The van der Waals surface area contributed by atoms with Gasteiger partial charge in [0.25, 0.3) is 0 Å². The van der Waals surface area contributed by atoms with Crippen molar-refractivity contribution in [3.63, 3.8) is 0 Å². The summed E-state index contributed by atoms with van der Waals surface area (Å²) in [5.41, 5.74) is 0. The van der Waals surface area contributed by atoms with E-state index in [1.54, 1.807) is 19.0 Å². The summed E-state index contributed by atoms with van der Waals surface area (Å²) in [7, 11) is 3.52. The first-order chi connectivity index (χ1) is 7.11. The standard InChI is InChI=1S/C11H22N2O2/c1-13(2)11(15)7-8-12-9-5-3-4-6-10(9)14/h9-10,12,14H,3-8H2,1-2H3/t9-,10-/m1/s1. The van der Waals surface area contributed by atoms with Gasteiger partial charge in [-0.05, 0) is 12.8 Å². The average molecular weight is 214 g/mol. The number of amides is 1. The van der Waals surface area contributed by atoms with E-state index in [9.17, 15) is 9.90 Å². The van der Waals surface area contributed by atoms with Crippen LogP contribution in [0.2, 0.25) is 0 Å². The lowest BCUT2D eigenvalue weighted by molar-refractivity contribution is -0.128. The van der Waals surface area contributed by atoms with E-state index >= 15 is 0 Å². The van der Waals surface area contributed by atoms with Crippen LogP contribution in [-0.2, 0) is 4.79 Å². The minimum atomic E-state index is -0.229. The fraction of sp³-hybridized carbons (Fsp3) is 0.909. The second-order valence-corrected chi connectivity index (χ2v) is 4.45. The number of nitrogens with zero attached hydrogens (tertiary/aromatic N) is 1. The van der Waals surface area contributed by atoms with Crippen molar-refractivity contribution >= 4 is 5.91 Å². The lowest BCUT2D eigenvalue weighted by atomic mass is 9.92. The minimum absolute atomic E-state index is 0.132. The van der Waals surface area contributed by atoms with E-state index in [0.717, 1.165) is 19.3 Å². The molecule has 0 bridgehead atoms. The van der Waals surface area contributed by atoms with E-state index in [-0.39, 0.29) is 18.1 Å². The number of nitrogens with one attached hydrogen (secondary N) is 1. The van der Waals surface area contributed by atoms with E-state index in [1.807, 2.05) is 0 Å². The van der Waals surface area contributed by atoms with Crippen molar-refractivity contribution in [3.8, 4) is 0 Å². The average Bonchev–Trinajstić information content (AvgIpc) is 2.20. The summed E-state index contributed by atoms with van der Waals surface area (Å²) in [6.45, 7) is 0.665. The number of rotatable bonds is 4. The Hall–Kier alpha value is -0.610. The van der Waals surface area contributed by atoms with Gasteiger partial charge in [0.05, 0.1) is 6.10 Å². The molecular formula is C11H22N2O2. The summed E-state index contributed by atoms with van der Waals surface area (Å²) in [5.74, 6) is 0.132. The number of aliphatic hydroxyl groups excluding tert-OH is 1. The van der Waals surface area contributed by atoms with E-state index in [0.29, 0.717) is 13.0 Å². The number of aliphatic hydroxyl groups is 1. The Morgan fingerprint density at radius 2 is 2.07 bits per heavy atom. The van der Waals surface area contributed by atoms with Gasteiger partial charge in [-0.1, -0.05) is 12.8 Å². The maximum atomic E-state index is 11.3. The summed E-state index contributed by atoms with van der Waals surface area (Å²) in [4.78, 5) is 12.9. The molecule has 4 heteroatoms. The highest BCUT2D eigenvalue weighted by Gasteiger charge is 2.22. The second-order valence-electron chi connectivity index (χ2n) is 4.45. The highest BCUT2D eigenvalue weighted by Crippen LogP contribution is 2.18. The van der Waals surface area contributed by atoms with Crippen LogP contribution < -0.4 is 5.32 Å². The molecule has 88 valence electrons. The van der Waals surface area contributed by atoms with Gasteiger partial charge >= 0.3 is 0 Å². The molecule has 0 aromatic carbocycles. The Morgan fingerprint density at radius 1 is 1.40 bits per heavy atom. The molecule has 0 aromatic heterocycles. The van der Waals surface area contributed by atoms with Gasteiger partial charge < -0.3 is 15.3 Å². The van der Waals surface area contributed by atoms with Crippen molar-refractivity contribution in [1.29, 1.82) is 0 Å². The lowest BCUT2D eigenvalue weighted by Gasteiger charge is -2.28. The van der Waals surface area contributed by atoms with Crippen molar-refractivity contribution in [2.75, 3.05) is 20.6 Å². The van der Waals surface area contributed by atoms with Crippen molar-refractivity contribution in [3.05, 3.63) is 0 Å². The van der Waals surface area contributed by atoms with Crippen molar-refractivity contribution in [2.45, 2.75) is 44.2 Å². The largest absolute Gasteiger partial charge is 0.392 e. The van der Waals surface area contributed by atoms with Crippen LogP contribution in [0.4, 0.5) is 0 Å². The van der Waals surface area contributed by atoms with Crippen molar-refractivity contribution in [1.82, 2.24) is 10.2 Å². The second kappa shape index (κ2) is 6.08. The van der Waals surface area contributed by atoms with Gasteiger partial charge in [0.2, 0.25) is 5.91 Å². The molecule has 2 N–H and O–H groups in total. The molecule has 0 heterocycles. The zero-order valence-corrected chi connectivity index (χ0v) is 9.70. The Bertz CT molecular complexity index is 207. The van der Waals surface area contributed by atoms with Gasteiger partial charge in [-0.15, -0.1) is 0 Å². The molecule has 0 radical (unpaired) electrons. The molecular weight excluding hydrogens is 192 g/mol. The molecule has 4 nitrogen and oxygen atoms in total. The molecule has 0 aromatic rings. The number of carbonyl (C=O) groups excluding carboxylic acids is 1. The van der Waals surface area contributed by atoms with E-state index in [1.165, 1.54) is 6.42 Å². The Labute approximate surface area is 91.6 Å². The maximum Gasteiger partial charge on any atom is 0.223 e. The normalized spacial score (nSPS) is 26.3. The molecule has 1 aliphatic rings. The van der Waals surface area contributed by atoms with Crippen molar-refractivity contribution in [2.24, 2.45) is 0 Å². The van der Waals surface area contributed by atoms with Crippen LogP contribution >= 0.6 is 0 Å². The first kappa shape index (κ1) is 12.5. The summed E-state index contributed by atoms with van der Waals surface area (Å²) in [6, 6.07) is 0.189. The third-order valence-electron chi connectivity index (χ3n) is 2.97. The SMILES string of the molecule is CN(C)C(=O)CCN[C@@H]1CCCC[C@H]1O. The van der Waals surface area contributed by atoms with Gasteiger partial charge in [0, 0.05) is 33.1 Å². The first-order valence-corrected chi connectivity index (χ1v) is 5.73. The third kappa shape index (κ3) is 4.18. The number of hydrogen-bond donors (Lipinski definition) is 2. The number of carbonyl (C=O) groups is 1. The summed E-state index contributed by atoms with van der Waals surface area (Å²) >= 11 is 0. The van der Waals surface area contributed by atoms with Gasteiger partial charge in [-0.25, -0.2) is 0 Å². The molecule has 1 rings (SSSR count). The topological polar surface area (TPSA) is 52.6 Å². The molecule has 15 heavy (non-hydrogen) atoms. The molecule has 0 aliphatic heterocycles. The molecule has 1 fully saturated rings. The predicted octanol–water partition coefficient (Wildman–Crippen LogP) is 0.358. The Kier molecular flexibility index (Phi) is 5.05. The van der Waals surface area contributed by atoms with Crippen LogP contribution in [0.15, 0.2) is 0 Å². The fourth-order valence-electron chi connectivity index (χ4n) is 1.94. The lowest BCUT2D eigenvalue weighted by Crippen LogP contribution is -2.43. The van der Waals surface area contributed by atoms with Crippen LogP contribution in [0, 0.1) is 0 Å². The van der Waals surface area contributed by atoms with Gasteiger partial charge in [-0.2, -0.15) is 0 Å². The number of hydrogen-bond acceptors (Lipinski definition) is 3. The van der Waals surface area contributed by atoms with Gasteiger partial charge in [-0.3, -0.25) is 4.79 Å². The zero-order chi connectivity index (χ0) is 11.3. The van der Waals surface area contributed by atoms with E-state index in [4.69, 9.17) is 0 Å². The molecule has 0 unspecified atom stereocenters. The fourth-order valence-corrected chi connectivity index (χ4v) is 1.94. The maximum absolute atomic E-state index is 11.3. The molecule has 1 saturated carbocycles. The zero-order valence-electron chi connectivity index (χ0n) is 9.70. The van der Waals surface area contributed by atoms with Crippen LogP contribution in [-0.4, -0.2) is 48.7 Å². The molecule has 1 aliphatic carbocycles. The van der Waals surface area contributed by atoms with Gasteiger partial charge in [0.1, 0.15) is 0 Å².